The Morgan fingerprint density at radius 2 is 2.00 bits per heavy atom. The predicted octanol–water partition coefficient (Wildman–Crippen LogP) is 5.25. The Balaban J connectivity index is 1.65. The number of nitrogens with zero attached hydrogens (tertiary/aromatic N) is 4. The van der Waals surface area contributed by atoms with Gasteiger partial charge in [-0.2, -0.15) is 0 Å². The van der Waals surface area contributed by atoms with Crippen molar-refractivity contribution in [1.82, 2.24) is 19.9 Å². The lowest BCUT2D eigenvalue weighted by Crippen LogP contribution is -2.23. The van der Waals surface area contributed by atoms with Crippen LogP contribution in [-0.2, 0) is 6.54 Å². The Labute approximate surface area is 163 Å². The molecule has 0 unspecified atom stereocenters. The summed E-state index contributed by atoms with van der Waals surface area (Å²) in [6.07, 6.45) is 3.12. The van der Waals surface area contributed by atoms with Crippen LogP contribution in [-0.4, -0.2) is 32.9 Å². The average molecular weight is 388 g/mol. The Hall–Kier alpha value is -1.83. The molecular weight excluding hydrogens is 362 g/mol. The average Bonchev–Trinajstić information content (AvgIpc) is 3.22. The molecule has 3 rings (SSSR count). The number of pyridine rings is 1. The molecule has 26 heavy (non-hydrogen) atoms. The van der Waals surface area contributed by atoms with E-state index in [1.807, 2.05) is 26.1 Å². The molecule has 0 atom stereocenters. The van der Waals surface area contributed by atoms with E-state index in [1.165, 1.54) is 12.0 Å². The lowest BCUT2D eigenvalue weighted by Gasteiger charge is -2.19. The number of aryl methyl sites for hydroxylation is 2. The molecule has 3 aromatic rings. The third-order valence-corrected chi connectivity index (χ3v) is 5.95. The summed E-state index contributed by atoms with van der Waals surface area (Å²) in [5.41, 5.74) is 3.26. The van der Waals surface area contributed by atoms with Crippen molar-refractivity contribution in [1.29, 1.82) is 0 Å². The summed E-state index contributed by atoms with van der Waals surface area (Å²) in [5.74, 6) is 0.824. The number of thiazole rings is 2. The Morgan fingerprint density at radius 3 is 2.62 bits per heavy atom. The first-order valence-electron chi connectivity index (χ1n) is 8.93. The van der Waals surface area contributed by atoms with E-state index in [-0.39, 0.29) is 0 Å². The van der Waals surface area contributed by atoms with Crippen LogP contribution >= 0.6 is 22.7 Å². The Bertz CT molecular complexity index is 838. The van der Waals surface area contributed by atoms with E-state index >= 15 is 0 Å². The maximum atomic E-state index is 4.69. The smallest absolute Gasteiger partial charge is 0.188 e. The molecule has 0 saturated heterocycles. The van der Waals surface area contributed by atoms with E-state index in [4.69, 9.17) is 0 Å². The summed E-state index contributed by atoms with van der Waals surface area (Å²) in [4.78, 5) is 17.3. The van der Waals surface area contributed by atoms with Crippen LogP contribution in [0.15, 0.2) is 23.7 Å². The second-order valence-electron chi connectivity index (χ2n) is 6.23. The summed E-state index contributed by atoms with van der Waals surface area (Å²) in [7, 11) is 0. The molecule has 3 aromatic heterocycles. The zero-order valence-corrected chi connectivity index (χ0v) is 17.4. The van der Waals surface area contributed by atoms with E-state index in [9.17, 15) is 0 Å². The standard InChI is InChI=1S/C19H25N5S2/c1-5-9-24(6-2)11-15-7-8-17(20-10-15)23-19-22-16(12-25-19)18-13(3)21-14(4)26-18/h7-8,10,12H,5-6,9,11H2,1-4H3,(H,20,22,23). The highest BCUT2D eigenvalue weighted by atomic mass is 32.1. The molecule has 3 heterocycles. The maximum Gasteiger partial charge on any atom is 0.188 e. The van der Waals surface area contributed by atoms with Crippen LogP contribution in [0.4, 0.5) is 10.9 Å². The highest BCUT2D eigenvalue weighted by Gasteiger charge is 2.12. The number of nitrogens with one attached hydrogen (secondary N) is 1. The van der Waals surface area contributed by atoms with Gasteiger partial charge < -0.3 is 5.32 Å². The number of hydrogen-bond donors (Lipinski definition) is 1. The first kappa shape index (κ1) is 18.9. The minimum atomic E-state index is 0.824. The number of anilines is 2. The monoisotopic (exact) mass is 387 g/mol. The van der Waals surface area contributed by atoms with E-state index in [0.29, 0.717) is 0 Å². The molecule has 0 aromatic carbocycles. The molecule has 0 saturated carbocycles. The zero-order chi connectivity index (χ0) is 18.5. The molecule has 0 spiro atoms. The summed E-state index contributed by atoms with van der Waals surface area (Å²) < 4.78 is 0. The van der Waals surface area contributed by atoms with Crippen molar-refractivity contribution in [3.63, 3.8) is 0 Å². The molecule has 1 N–H and O–H groups in total. The molecule has 0 aliphatic carbocycles. The first-order valence-corrected chi connectivity index (χ1v) is 10.6. The highest BCUT2D eigenvalue weighted by Crippen LogP contribution is 2.32. The fourth-order valence-corrected chi connectivity index (χ4v) is 4.49. The quantitative estimate of drug-likeness (QED) is 0.572. The molecule has 0 amide bonds. The van der Waals surface area contributed by atoms with Gasteiger partial charge in [0, 0.05) is 18.1 Å². The third kappa shape index (κ3) is 4.66. The lowest BCUT2D eigenvalue weighted by molar-refractivity contribution is 0.280. The molecule has 0 bridgehead atoms. The largest absolute Gasteiger partial charge is 0.316 e. The van der Waals surface area contributed by atoms with Gasteiger partial charge in [-0.3, -0.25) is 4.90 Å². The van der Waals surface area contributed by atoms with E-state index in [2.05, 4.69) is 50.5 Å². The number of rotatable bonds is 8. The van der Waals surface area contributed by atoms with Gasteiger partial charge >= 0.3 is 0 Å². The van der Waals surface area contributed by atoms with E-state index < -0.39 is 0 Å². The van der Waals surface area contributed by atoms with Gasteiger partial charge in [0.1, 0.15) is 5.82 Å². The molecule has 0 fully saturated rings. The minimum Gasteiger partial charge on any atom is -0.316 e. The van der Waals surface area contributed by atoms with Gasteiger partial charge in [-0.05, 0) is 45.0 Å². The highest BCUT2D eigenvalue weighted by molar-refractivity contribution is 7.16. The first-order chi connectivity index (χ1) is 12.6. The molecule has 7 heteroatoms. The summed E-state index contributed by atoms with van der Waals surface area (Å²) in [6, 6.07) is 4.16. The summed E-state index contributed by atoms with van der Waals surface area (Å²) >= 11 is 3.28. The molecule has 0 radical (unpaired) electrons. The van der Waals surface area contributed by atoms with Crippen LogP contribution in [0.5, 0.6) is 0 Å². The van der Waals surface area contributed by atoms with Gasteiger partial charge in [-0.1, -0.05) is 19.9 Å². The van der Waals surface area contributed by atoms with Crippen LogP contribution in [0.1, 0.15) is 36.5 Å². The van der Waals surface area contributed by atoms with Crippen molar-refractivity contribution in [3.8, 4) is 10.6 Å². The van der Waals surface area contributed by atoms with Gasteiger partial charge in [0.25, 0.3) is 0 Å². The lowest BCUT2D eigenvalue weighted by atomic mass is 10.2. The van der Waals surface area contributed by atoms with E-state index in [0.717, 1.165) is 51.9 Å². The van der Waals surface area contributed by atoms with Crippen LogP contribution in [0, 0.1) is 13.8 Å². The number of aromatic nitrogens is 3. The molecular formula is C19H25N5S2. The van der Waals surface area contributed by atoms with Gasteiger partial charge in [-0.25, -0.2) is 15.0 Å². The SMILES string of the molecule is CCCN(CC)Cc1ccc(Nc2nc(-c3sc(C)nc3C)cs2)nc1. The molecule has 0 aliphatic rings. The molecule has 5 nitrogen and oxygen atoms in total. The van der Waals surface area contributed by atoms with Crippen LogP contribution in [0.3, 0.4) is 0 Å². The van der Waals surface area contributed by atoms with Crippen LogP contribution < -0.4 is 5.32 Å². The fourth-order valence-electron chi connectivity index (χ4n) is 2.83. The molecule has 0 aliphatic heterocycles. The third-order valence-electron chi connectivity index (χ3n) is 4.09. The van der Waals surface area contributed by atoms with Crippen molar-refractivity contribution in [2.24, 2.45) is 0 Å². The van der Waals surface area contributed by atoms with Gasteiger partial charge in [0.2, 0.25) is 0 Å². The van der Waals surface area contributed by atoms with Gasteiger partial charge in [0.15, 0.2) is 5.13 Å². The second kappa shape index (κ2) is 8.70. The maximum absolute atomic E-state index is 4.69. The molecule has 138 valence electrons. The summed E-state index contributed by atoms with van der Waals surface area (Å²) in [5, 5.41) is 7.30. The number of hydrogen-bond acceptors (Lipinski definition) is 7. The van der Waals surface area contributed by atoms with Crippen molar-refractivity contribution >= 4 is 33.6 Å². The normalized spacial score (nSPS) is 11.3. The van der Waals surface area contributed by atoms with E-state index in [1.54, 1.807) is 22.7 Å². The van der Waals surface area contributed by atoms with Crippen molar-refractivity contribution in [2.75, 3.05) is 18.4 Å². The zero-order valence-electron chi connectivity index (χ0n) is 15.7. The summed E-state index contributed by atoms with van der Waals surface area (Å²) in [6.45, 7) is 11.6. The van der Waals surface area contributed by atoms with Crippen LogP contribution in [0.2, 0.25) is 0 Å². The predicted molar refractivity (Wildman–Crippen MR) is 111 cm³/mol. The minimum absolute atomic E-state index is 0.824. The Morgan fingerprint density at radius 1 is 1.15 bits per heavy atom. The topological polar surface area (TPSA) is 53.9 Å². The van der Waals surface area contributed by atoms with Crippen molar-refractivity contribution in [2.45, 2.75) is 40.7 Å². The van der Waals surface area contributed by atoms with Crippen molar-refractivity contribution < 1.29 is 0 Å². The second-order valence-corrected chi connectivity index (χ2v) is 8.29. The van der Waals surface area contributed by atoms with Gasteiger partial charge in [-0.15, -0.1) is 22.7 Å². The van der Waals surface area contributed by atoms with Crippen LogP contribution in [0.25, 0.3) is 10.6 Å². The van der Waals surface area contributed by atoms with Gasteiger partial charge in [0.05, 0.1) is 21.3 Å². The Kier molecular flexibility index (Phi) is 6.34. The fraction of sp³-hybridized carbons (Fsp3) is 0.421. The van der Waals surface area contributed by atoms with Crippen molar-refractivity contribution in [3.05, 3.63) is 40.0 Å².